The molecule has 0 aromatic heterocycles. The average molecular weight is 632 g/mol. The lowest BCUT2D eigenvalue weighted by molar-refractivity contribution is -0.126. The molecule has 7 rings (SSSR count). The lowest BCUT2D eigenvalue weighted by Crippen LogP contribution is -2.43. The van der Waals surface area contributed by atoms with Crippen LogP contribution in [0, 0.1) is 29.6 Å². The Labute approximate surface area is 263 Å². The topological polar surface area (TPSA) is 104 Å². The van der Waals surface area contributed by atoms with Crippen LogP contribution in [0.25, 0.3) is 0 Å². The fraction of sp³-hybridized carbons (Fsp3) is 0.294. The van der Waals surface area contributed by atoms with Gasteiger partial charge in [-0.2, -0.15) is 0 Å². The maximum absolute atomic E-state index is 14.3. The molecule has 8 nitrogen and oxygen atoms in total. The average Bonchev–Trinajstić information content (AvgIpc) is 3.44. The quantitative estimate of drug-likeness (QED) is 0.288. The number of imide groups is 2. The molecule has 10 heteroatoms. The van der Waals surface area contributed by atoms with Crippen LogP contribution in [0.5, 0.6) is 5.75 Å². The zero-order valence-corrected chi connectivity index (χ0v) is 24.9. The molecule has 1 saturated carbocycles. The Morgan fingerprint density at radius 2 is 1.27 bits per heavy atom. The summed E-state index contributed by atoms with van der Waals surface area (Å²) in [5, 5.41) is 10.5. The number of hydrogen-bond donors (Lipinski definition) is 1. The summed E-state index contributed by atoms with van der Waals surface area (Å²) in [6.45, 7) is -0.142. The number of amides is 4. The fourth-order valence-electron chi connectivity index (χ4n) is 7.65. The monoisotopic (exact) mass is 630 g/mol. The minimum Gasteiger partial charge on any atom is -0.491 e. The van der Waals surface area contributed by atoms with Crippen molar-refractivity contribution < 1.29 is 29.0 Å². The first kappa shape index (κ1) is 28.8. The zero-order valence-electron chi connectivity index (χ0n) is 23.4. The minimum absolute atomic E-state index is 0.0534. The Kier molecular flexibility index (Phi) is 7.31. The SMILES string of the molecule is O=C1C2CC=C3C(CC4C(=O)N(c5ccc(Cl)cc5)C(=O)C4C3c3ccccc3OCCO)C2C(=O)N1c1ccc(Cl)cc1. The molecule has 6 atom stereocenters. The molecule has 4 aliphatic rings. The van der Waals surface area contributed by atoms with E-state index >= 15 is 0 Å². The van der Waals surface area contributed by atoms with E-state index in [1.165, 1.54) is 9.80 Å². The second-order valence-corrected chi connectivity index (χ2v) is 12.5. The molecule has 6 unspecified atom stereocenters. The molecular formula is C34H28Cl2N2O6. The summed E-state index contributed by atoms with van der Waals surface area (Å²) in [5.41, 5.74) is 2.45. The van der Waals surface area contributed by atoms with Crippen LogP contribution in [0.2, 0.25) is 10.0 Å². The number of anilines is 2. The Hall–Kier alpha value is -3.98. The van der Waals surface area contributed by atoms with E-state index < -0.39 is 35.5 Å². The highest BCUT2D eigenvalue weighted by Crippen LogP contribution is 2.59. The number of benzene rings is 3. The van der Waals surface area contributed by atoms with E-state index in [9.17, 15) is 24.3 Å². The third kappa shape index (κ3) is 4.47. The van der Waals surface area contributed by atoms with Gasteiger partial charge in [-0.3, -0.25) is 29.0 Å². The summed E-state index contributed by atoms with van der Waals surface area (Å²) in [4.78, 5) is 58.7. The molecule has 0 bridgehead atoms. The van der Waals surface area contributed by atoms with Crippen LogP contribution in [0.3, 0.4) is 0 Å². The molecule has 0 spiro atoms. The maximum atomic E-state index is 14.3. The van der Waals surface area contributed by atoms with Gasteiger partial charge in [0.2, 0.25) is 23.6 Å². The molecule has 4 amide bonds. The van der Waals surface area contributed by atoms with Crippen molar-refractivity contribution in [1.82, 2.24) is 0 Å². The first-order chi connectivity index (χ1) is 21.3. The van der Waals surface area contributed by atoms with E-state index in [1.54, 1.807) is 54.6 Å². The van der Waals surface area contributed by atoms with Gasteiger partial charge < -0.3 is 9.84 Å². The van der Waals surface area contributed by atoms with Gasteiger partial charge in [0.15, 0.2) is 0 Å². The standard InChI is InChI=1S/C34H28Cl2N2O6/c35-18-5-9-20(10-6-18)37-31(40)24-14-13-22-25(29(24)33(37)42)17-26-30(28(22)23-3-1-2-4-27(23)44-16-15-39)34(43)38(32(26)41)21-11-7-19(36)8-12-21/h1-13,24-26,28-30,39H,14-17H2. The van der Waals surface area contributed by atoms with E-state index in [-0.39, 0.29) is 43.3 Å². The lowest BCUT2D eigenvalue weighted by Gasteiger charge is -2.44. The zero-order chi connectivity index (χ0) is 30.7. The highest BCUT2D eigenvalue weighted by atomic mass is 35.5. The molecule has 44 heavy (non-hydrogen) atoms. The van der Waals surface area contributed by atoms with E-state index in [2.05, 4.69) is 0 Å². The van der Waals surface area contributed by atoms with Crippen molar-refractivity contribution >= 4 is 58.2 Å². The maximum Gasteiger partial charge on any atom is 0.238 e. The van der Waals surface area contributed by atoms with Gasteiger partial charge in [-0.25, -0.2) is 0 Å². The minimum atomic E-state index is -0.740. The van der Waals surface area contributed by atoms with Gasteiger partial charge in [0.25, 0.3) is 0 Å². The number of aliphatic hydroxyl groups is 1. The molecule has 1 N–H and O–H groups in total. The smallest absolute Gasteiger partial charge is 0.238 e. The summed E-state index contributed by atoms with van der Waals surface area (Å²) in [6, 6.07) is 20.5. The second kappa shape index (κ2) is 11.2. The Morgan fingerprint density at radius 1 is 0.705 bits per heavy atom. The number of carbonyl (C=O) groups is 4. The highest BCUT2D eigenvalue weighted by molar-refractivity contribution is 6.31. The number of rotatable bonds is 6. The van der Waals surface area contributed by atoms with E-state index in [0.717, 1.165) is 5.57 Å². The highest BCUT2D eigenvalue weighted by Gasteiger charge is 2.62. The van der Waals surface area contributed by atoms with Crippen LogP contribution in [0.4, 0.5) is 11.4 Å². The predicted octanol–water partition coefficient (Wildman–Crippen LogP) is 5.41. The predicted molar refractivity (Wildman–Crippen MR) is 164 cm³/mol. The van der Waals surface area contributed by atoms with Crippen molar-refractivity contribution in [2.24, 2.45) is 29.6 Å². The van der Waals surface area contributed by atoms with Crippen LogP contribution in [0.1, 0.15) is 24.3 Å². The number of halogens is 2. The van der Waals surface area contributed by atoms with Crippen molar-refractivity contribution in [3.8, 4) is 5.75 Å². The molecule has 224 valence electrons. The van der Waals surface area contributed by atoms with Crippen LogP contribution >= 0.6 is 23.2 Å². The number of nitrogens with zero attached hydrogens (tertiary/aromatic N) is 2. The van der Waals surface area contributed by atoms with Gasteiger partial charge in [-0.15, -0.1) is 0 Å². The fourth-order valence-corrected chi connectivity index (χ4v) is 7.90. The van der Waals surface area contributed by atoms with Crippen molar-refractivity contribution in [2.75, 3.05) is 23.0 Å². The van der Waals surface area contributed by atoms with E-state index in [4.69, 9.17) is 27.9 Å². The normalized spacial score (nSPS) is 27.7. The van der Waals surface area contributed by atoms with Crippen molar-refractivity contribution in [2.45, 2.75) is 18.8 Å². The van der Waals surface area contributed by atoms with Gasteiger partial charge in [-0.1, -0.05) is 53.1 Å². The number of aliphatic hydroxyl groups excluding tert-OH is 1. The summed E-state index contributed by atoms with van der Waals surface area (Å²) < 4.78 is 5.92. The number of allylic oxidation sites excluding steroid dienone is 2. The van der Waals surface area contributed by atoms with Gasteiger partial charge >= 0.3 is 0 Å². The molecule has 2 aliphatic heterocycles. The first-order valence-electron chi connectivity index (χ1n) is 14.6. The largest absolute Gasteiger partial charge is 0.491 e. The molecule has 2 heterocycles. The Morgan fingerprint density at radius 3 is 1.89 bits per heavy atom. The Balaban J connectivity index is 1.34. The molecule has 3 aromatic carbocycles. The van der Waals surface area contributed by atoms with Crippen molar-refractivity contribution in [3.05, 3.63) is 100 Å². The number of carbonyl (C=O) groups excluding carboxylic acids is 4. The van der Waals surface area contributed by atoms with Crippen LogP contribution < -0.4 is 14.5 Å². The Bertz CT molecular complexity index is 1710. The molecule has 2 aliphatic carbocycles. The molecule has 3 fully saturated rings. The molecule has 0 radical (unpaired) electrons. The number of ether oxygens (including phenoxy) is 1. The lowest BCUT2D eigenvalue weighted by atomic mass is 9.57. The number of hydrogen-bond acceptors (Lipinski definition) is 6. The molecule has 2 saturated heterocycles. The number of fused-ring (bicyclic) bond motifs is 4. The van der Waals surface area contributed by atoms with E-state index in [1.807, 2.05) is 24.3 Å². The summed E-state index contributed by atoms with van der Waals surface area (Å²) in [5.74, 6) is -4.50. The first-order valence-corrected chi connectivity index (χ1v) is 15.3. The van der Waals surface area contributed by atoms with Crippen LogP contribution in [-0.2, 0) is 19.2 Å². The molecule has 3 aromatic rings. The van der Waals surface area contributed by atoms with Gasteiger partial charge in [0, 0.05) is 21.5 Å². The van der Waals surface area contributed by atoms with Gasteiger partial charge in [-0.05, 0) is 73.4 Å². The summed E-state index contributed by atoms with van der Waals surface area (Å²) >= 11 is 12.2. The summed E-state index contributed by atoms with van der Waals surface area (Å²) in [7, 11) is 0. The third-order valence-electron chi connectivity index (χ3n) is 9.42. The van der Waals surface area contributed by atoms with E-state index in [0.29, 0.717) is 39.2 Å². The van der Waals surface area contributed by atoms with Crippen molar-refractivity contribution in [3.63, 3.8) is 0 Å². The molecular weight excluding hydrogens is 603 g/mol. The third-order valence-corrected chi connectivity index (χ3v) is 9.92. The van der Waals surface area contributed by atoms with Crippen molar-refractivity contribution in [1.29, 1.82) is 0 Å². The second-order valence-electron chi connectivity index (χ2n) is 11.6. The summed E-state index contributed by atoms with van der Waals surface area (Å²) in [6.07, 6.45) is 2.59. The number of para-hydroxylation sites is 1. The van der Waals surface area contributed by atoms with Gasteiger partial charge in [0.05, 0.1) is 41.7 Å². The van der Waals surface area contributed by atoms with Crippen LogP contribution in [0.15, 0.2) is 84.4 Å². The van der Waals surface area contributed by atoms with Crippen LogP contribution in [-0.4, -0.2) is 41.9 Å². The van der Waals surface area contributed by atoms with Gasteiger partial charge in [0.1, 0.15) is 12.4 Å².